The van der Waals surface area contributed by atoms with Gasteiger partial charge in [0.15, 0.2) is 0 Å². The van der Waals surface area contributed by atoms with Crippen molar-refractivity contribution in [2.75, 3.05) is 19.8 Å². The first kappa shape index (κ1) is 12.5. The van der Waals surface area contributed by atoms with E-state index in [-0.39, 0.29) is 12.0 Å². The van der Waals surface area contributed by atoms with Gasteiger partial charge in [-0.1, -0.05) is 12.1 Å². The first-order chi connectivity index (χ1) is 8.22. The lowest BCUT2D eigenvalue weighted by Gasteiger charge is -2.19. The molecule has 1 saturated heterocycles. The normalized spacial score (nSPS) is 24.5. The maximum atomic E-state index is 9.60. The van der Waals surface area contributed by atoms with Gasteiger partial charge in [-0.15, -0.1) is 0 Å². The summed E-state index contributed by atoms with van der Waals surface area (Å²) in [6.45, 7) is 5.29. The molecular formula is C11H18N2O4. The van der Waals surface area contributed by atoms with E-state index in [1.54, 1.807) is 6.92 Å². The number of hydrogen-bond donors (Lipinski definition) is 1. The van der Waals surface area contributed by atoms with E-state index in [0.29, 0.717) is 31.5 Å². The fraction of sp³-hybridized carbons (Fsp3) is 0.818. The molecule has 96 valence electrons. The molecule has 2 heterocycles. The zero-order valence-electron chi connectivity index (χ0n) is 10.1. The summed E-state index contributed by atoms with van der Waals surface area (Å²) in [5.41, 5.74) is 0. The van der Waals surface area contributed by atoms with Crippen molar-refractivity contribution < 1.29 is 19.1 Å². The molecule has 1 aliphatic rings. The molecule has 0 aliphatic carbocycles. The van der Waals surface area contributed by atoms with Crippen LogP contribution in [-0.4, -0.2) is 41.2 Å². The van der Waals surface area contributed by atoms with E-state index < -0.39 is 6.10 Å². The predicted octanol–water partition coefficient (Wildman–Crippen LogP) is 1.03. The van der Waals surface area contributed by atoms with Gasteiger partial charge in [0.05, 0.1) is 31.8 Å². The molecule has 1 aliphatic heterocycles. The third kappa shape index (κ3) is 2.83. The summed E-state index contributed by atoms with van der Waals surface area (Å²) >= 11 is 0. The Morgan fingerprint density at radius 3 is 2.88 bits per heavy atom. The minimum absolute atomic E-state index is 0.124. The third-order valence-corrected chi connectivity index (χ3v) is 2.90. The van der Waals surface area contributed by atoms with Crippen LogP contribution in [0.15, 0.2) is 4.52 Å². The molecule has 3 atom stereocenters. The van der Waals surface area contributed by atoms with Gasteiger partial charge in [0.25, 0.3) is 0 Å². The van der Waals surface area contributed by atoms with Crippen molar-refractivity contribution in [1.82, 2.24) is 10.1 Å². The number of hydrogen-bond acceptors (Lipinski definition) is 6. The quantitative estimate of drug-likeness (QED) is 0.849. The molecule has 0 amide bonds. The van der Waals surface area contributed by atoms with E-state index in [9.17, 15) is 5.11 Å². The molecule has 0 aromatic carbocycles. The highest BCUT2D eigenvalue weighted by atomic mass is 16.6. The van der Waals surface area contributed by atoms with Crippen LogP contribution in [0.1, 0.15) is 44.0 Å². The van der Waals surface area contributed by atoms with Crippen molar-refractivity contribution in [2.45, 2.75) is 38.4 Å². The fourth-order valence-electron chi connectivity index (χ4n) is 1.89. The summed E-state index contributed by atoms with van der Waals surface area (Å²) in [6.07, 6.45) is -0.00834. The van der Waals surface area contributed by atoms with Gasteiger partial charge in [0, 0.05) is 0 Å². The molecule has 1 aromatic rings. The Morgan fingerprint density at radius 2 is 2.29 bits per heavy atom. The number of nitrogens with zero attached hydrogens (tertiary/aromatic N) is 2. The SMILES string of the molecule is CCC(c1nc(C2COCCO2)no1)C(C)O. The van der Waals surface area contributed by atoms with Crippen molar-refractivity contribution in [3.05, 3.63) is 11.7 Å². The van der Waals surface area contributed by atoms with Crippen molar-refractivity contribution in [2.24, 2.45) is 0 Å². The van der Waals surface area contributed by atoms with Gasteiger partial charge in [0.1, 0.15) is 6.10 Å². The average molecular weight is 242 g/mol. The van der Waals surface area contributed by atoms with Gasteiger partial charge < -0.3 is 19.1 Å². The lowest BCUT2D eigenvalue weighted by molar-refractivity contribution is -0.0941. The Balaban J connectivity index is 2.08. The van der Waals surface area contributed by atoms with Gasteiger partial charge in [0.2, 0.25) is 11.7 Å². The molecule has 0 radical (unpaired) electrons. The second-order valence-corrected chi connectivity index (χ2v) is 4.18. The Morgan fingerprint density at radius 1 is 1.47 bits per heavy atom. The molecule has 2 rings (SSSR count). The second-order valence-electron chi connectivity index (χ2n) is 4.18. The molecule has 6 heteroatoms. The molecule has 0 bridgehead atoms. The fourth-order valence-corrected chi connectivity index (χ4v) is 1.89. The first-order valence-corrected chi connectivity index (χ1v) is 5.93. The molecule has 1 fully saturated rings. The van der Waals surface area contributed by atoms with Crippen LogP contribution in [0.3, 0.4) is 0 Å². The number of rotatable bonds is 4. The topological polar surface area (TPSA) is 77.6 Å². The number of ether oxygens (including phenoxy) is 2. The summed E-state index contributed by atoms with van der Waals surface area (Å²) in [4.78, 5) is 4.28. The van der Waals surface area contributed by atoms with Gasteiger partial charge >= 0.3 is 0 Å². The highest BCUT2D eigenvalue weighted by Crippen LogP contribution is 2.24. The minimum atomic E-state index is -0.503. The smallest absolute Gasteiger partial charge is 0.232 e. The van der Waals surface area contributed by atoms with Crippen LogP contribution >= 0.6 is 0 Å². The van der Waals surface area contributed by atoms with E-state index >= 15 is 0 Å². The van der Waals surface area contributed by atoms with Crippen LogP contribution in [0.2, 0.25) is 0 Å². The number of aromatic nitrogens is 2. The molecule has 6 nitrogen and oxygen atoms in total. The van der Waals surface area contributed by atoms with E-state index in [2.05, 4.69) is 10.1 Å². The summed E-state index contributed by atoms with van der Waals surface area (Å²) < 4.78 is 15.9. The van der Waals surface area contributed by atoms with Crippen LogP contribution in [0, 0.1) is 0 Å². The Hall–Kier alpha value is -0.980. The predicted molar refractivity (Wildman–Crippen MR) is 58.5 cm³/mol. The van der Waals surface area contributed by atoms with Crippen LogP contribution in [-0.2, 0) is 9.47 Å². The van der Waals surface area contributed by atoms with Gasteiger partial charge in [-0.2, -0.15) is 4.98 Å². The van der Waals surface area contributed by atoms with Gasteiger partial charge in [-0.25, -0.2) is 0 Å². The van der Waals surface area contributed by atoms with E-state index in [0.717, 1.165) is 6.42 Å². The highest BCUT2D eigenvalue weighted by molar-refractivity contribution is 4.98. The van der Waals surface area contributed by atoms with Gasteiger partial charge in [-0.05, 0) is 13.3 Å². The maximum Gasteiger partial charge on any atom is 0.232 e. The Labute approximate surface area is 99.9 Å². The number of aliphatic hydroxyl groups excluding tert-OH is 1. The van der Waals surface area contributed by atoms with Crippen molar-refractivity contribution in [1.29, 1.82) is 0 Å². The molecule has 1 aromatic heterocycles. The van der Waals surface area contributed by atoms with E-state index in [4.69, 9.17) is 14.0 Å². The summed E-state index contributed by atoms with van der Waals surface area (Å²) in [7, 11) is 0. The Bertz CT molecular complexity index is 347. The average Bonchev–Trinajstić information content (AvgIpc) is 2.80. The standard InChI is InChI=1S/C11H18N2O4/c1-3-8(7(2)14)11-12-10(13-17-11)9-6-15-4-5-16-9/h7-9,14H,3-6H2,1-2H3. The van der Waals surface area contributed by atoms with Crippen LogP contribution in [0.25, 0.3) is 0 Å². The van der Waals surface area contributed by atoms with Crippen molar-refractivity contribution >= 4 is 0 Å². The second kappa shape index (κ2) is 5.57. The summed E-state index contributed by atoms with van der Waals surface area (Å²) in [5.74, 6) is 0.839. The van der Waals surface area contributed by atoms with Crippen molar-refractivity contribution in [3.63, 3.8) is 0 Å². The molecular weight excluding hydrogens is 224 g/mol. The molecule has 0 spiro atoms. The highest BCUT2D eigenvalue weighted by Gasteiger charge is 2.26. The van der Waals surface area contributed by atoms with Crippen LogP contribution in [0.4, 0.5) is 0 Å². The summed E-state index contributed by atoms with van der Waals surface area (Å²) in [5, 5.41) is 13.5. The first-order valence-electron chi connectivity index (χ1n) is 5.93. The van der Waals surface area contributed by atoms with E-state index in [1.165, 1.54) is 0 Å². The molecule has 1 N–H and O–H groups in total. The molecule has 0 saturated carbocycles. The van der Waals surface area contributed by atoms with Crippen molar-refractivity contribution in [3.8, 4) is 0 Å². The lowest BCUT2D eigenvalue weighted by atomic mass is 10.0. The molecule has 17 heavy (non-hydrogen) atoms. The minimum Gasteiger partial charge on any atom is -0.393 e. The van der Waals surface area contributed by atoms with Crippen LogP contribution < -0.4 is 0 Å². The van der Waals surface area contributed by atoms with Crippen LogP contribution in [0.5, 0.6) is 0 Å². The zero-order chi connectivity index (χ0) is 12.3. The number of aliphatic hydroxyl groups is 1. The monoisotopic (exact) mass is 242 g/mol. The lowest BCUT2D eigenvalue weighted by Crippen LogP contribution is -2.23. The van der Waals surface area contributed by atoms with Gasteiger partial charge in [-0.3, -0.25) is 0 Å². The maximum absolute atomic E-state index is 9.60. The zero-order valence-corrected chi connectivity index (χ0v) is 10.1. The Kier molecular flexibility index (Phi) is 4.09. The van der Waals surface area contributed by atoms with E-state index in [1.807, 2.05) is 6.92 Å². The third-order valence-electron chi connectivity index (χ3n) is 2.90. The largest absolute Gasteiger partial charge is 0.393 e. The molecule has 3 unspecified atom stereocenters. The summed E-state index contributed by atoms with van der Waals surface area (Å²) in [6, 6.07) is 0.